The van der Waals surface area contributed by atoms with Gasteiger partial charge < -0.3 is 35.9 Å². The molecule has 0 bridgehead atoms. The quantitative estimate of drug-likeness (QED) is 0.302. The van der Waals surface area contributed by atoms with Crippen LogP contribution in [0.3, 0.4) is 0 Å². The maximum Gasteiger partial charge on any atom is 0.255 e. The van der Waals surface area contributed by atoms with E-state index in [-0.39, 0.29) is 35.6 Å². The van der Waals surface area contributed by atoms with Crippen LogP contribution >= 0.6 is 0 Å². The molecule has 2 aromatic rings. The number of carbonyl (C=O) groups is 3. The summed E-state index contributed by atoms with van der Waals surface area (Å²) in [5, 5.41) is 45.4. The van der Waals surface area contributed by atoms with Crippen molar-refractivity contribution in [2.45, 2.75) is 44.2 Å². The van der Waals surface area contributed by atoms with E-state index >= 15 is 0 Å². The third kappa shape index (κ3) is 3.87. The van der Waals surface area contributed by atoms with Crippen LogP contribution in [0, 0.1) is 11.8 Å². The van der Waals surface area contributed by atoms with Crippen LogP contribution in [-0.2, 0) is 25.5 Å². The first kappa shape index (κ1) is 27.3. The van der Waals surface area contributed by atoms with Crippen LogP contribution in [0.5, 0.6) is 5.75 Å². The molecule has 0 radical (unpaired) electrons. The minimum Gasteiger partial charge on any atom is -0.508 e. The smallest absolute Gasteiger partial charge is 0.255 e. The molecule has 216 valence electrons. The van der Waals surface area contributed by atoms with Crippen LogP contribution in [0.15, 0.2) is 41.3 Å². The van der Waals surface area contributed by atoms with Gasteiger partial charge in [0.05, 0.1) is 24.8 Å². The number of morpholine rings is 1. The molecule has 11 nitrogen and oxygen atoms in total. The number of ether oxygens (including phenoxy) is 1. The van der Waals surface area contributed by atoms with E-state index in [0.717, 1.165) is 16.8 Å². The summed E-state index contributed by atoms with van der Waals surface area (Å²) < 4.78 is 5.42. The van der Waals surface area contributed by atoms with Crippen molar-refractivity contribution >= 4 is 23.2 Å². The van der Waals surface area contributed by atoms with Gasteiger partial charge in [-0.25, -0.2) is 0 Å². The second kappa shape index (κ2) is 9.57. The molecular formula is C30H33N3O8. The van der Waals surface area contributed by atoms with Gasteiger partial charge in [-0.05, 0) is 54.0 Å². The molecule has 1 aromatic heterocycles. The van der Waals surface area contributed by atoms with Crippen molar-refractivity contribution in [2.24, 2.45) is 17.6 Å². The Morgan fingerprint density at radius 1 is 1.17 bits per heavy atom. The fourth-order valence-corrected chi connectivity index (χ4v) is 7.08. The summed E-state index contributed by atoms with van der Waals surface area (Å²) in [6.07, 6.45) is 2.17. The van der Waals surface area contributed by atoms with E-state index in [1.54, 1.807) is 11.0 Å². The van der Waals surface area contributed by atoms with Crippen molar-refractivity contribution in [1.82, 2.24) is 9.88 Å². The molecule has 7 N–H and O–H groups in total. The fraction of sp³-hybridized carbons (Fsp3) is 0.433. The third-order valence-electron chi connectivity index (χ3n) is 9.15. The number of aromatic nitrogens is 1. The number of aliphatic hydroxyl groups is 3. The molecule has 0 unspecified atom stereocenters. The first-order valence-electron chi connectivity index (χ1n) is 13.8. The summed E-state index contributed by atoms with van der Waals surface area (Å²) in [5.74, 6) is -6.35. The number of rotatable bonds is 4. The van der Waals surface area contributed by atoms with Gasteiger partial charge in [-0.1, -0.05) is 13.8 Å². The highest BCUT2D eigenvalue weighted by Crippen LogP contribution is 2.53. The number of nitrogens with zero attached hydrogens (tertiary/aromatic N) is 1. The lowest BCUT2D eigenvalue weighted by molar-refractivity contribution is -0.157. The summed E-state index contributed by atoms with van der Waals surface area (Å²) in [7, 11) is 0. The molecule has 0 spiro atoms. The van der Waals surface area contributed by atoms with Crippen molar-refractivity contribution in [3.63, 3.8) is 0 Å². The van der Waals surface area contributed by atoms with E-state index in [2.05, 4.69) is 18.8 Å². The van der Waals surface area contributed by atoms with Crippen molar-refractivity contribution in [3.8, 4) is 17.0 Å². The normalized spacial score (nSPS) is 28.5. The minimum atomic E-state index is -2.67. The number of hydrogen-bond donors (Lipinski definition) is 6. The van der Waals surface area contributed by atoms with Gasteiger partial charge in [-0.15, -0.1) is 0 Å². The number of hydrogen-bond acceptors (Lipinski definition) is 9. The van der Waals surface area contributed by atoms with Crippen LogP contribution in [0.25, 0.3) is 17.0 Å². The predicted octanol–water partition coefficient (Wildman–Crippen LogP) is 1.85. The first-order valence-corrected chi connectivity index (χ1v) is 13.8. The van der Waals surface area contributed by atoms with Crippen LogP contribution in [0.4, 0.5) is 0 Å². The molecule has 4 atom stereocenters. The van der Waals surface area contributed by atoms with Crippen LogP contribution in [0.2, 0.25) is 0 Å². The fourth-order valence-electron chi connectivity index (χ4n) is 7.08. The van der Waals surface area contributed by atoms with Gasteiger partial charge in [-0.2, -0.15) is 0 Å². The monoisotopic (exact) mass is 563 g/mol. The molecule has 1 aromatic carbocycles. The van der Waals surface area contributed by atoms with Crippen LogP contribution in [-0.4, -0.2) is 85.7 Å². The Bertz CT molecular complexity index is 1550. The first-order chi connectivity index (χ1) is 19.5. The van der Waals surface area contributed by atoms with E-state index < -0.39 is 58.0 Å². The number of Topliss-reactive ketones (excluding diaryl/α,β-unsaturated/α-hetero) is 2. The number of aliphatic hydroxyl groups excluding tert-OH is 2. The number of primary amides is 1. The molecular weight excluding hydrogens is 530 g/mol. The van der Waals surface area contributed by atoms with E-state index in [1.165, 1.54) is 6.07 Å². The molecule has 1 aliphatic heterocycles. The zero-order chi connectivity index (χ0) is 29.4. The van der Waals surface area contributed by atoms with Crippen LogP contribution in [0.1, 0.15) is 42.9 Å². The van der Waals surface area contributed by atoms with Gasteiger partial charge in [0.1, 0.15) is 22.8 Å². The van der Waals surface area contributed by atoms with Gasteiger partial charge in [0.2, 0.25) is 5.78 Å². The lowest BCUT2D eigenvalue weighted by atomic mass is 9.57. The molecule has 1 saturated heterocycles. The SMILES string of the molecule is CC(C)c1c[nH]c(-c2ccc(O)c3c2C[C@H]2C[C@H]4[C@@H](N5CCOCC5)C(=O)C(C(N)=O)=C(O)[C@@]4(O)C(=O)C2=C3O)c1. The summed E-state index contributed by atoms with van der Waals surface area (Å²) in [5.41, 5.74) is 5.10. The summed E-state index contributed by atoms with van der Waals surface area (Å²) in [6, 6.07) is 4.07. The number of aromatic amines is 1. The van der Waals surface area contributed by atoms with Crippen molar-refractivity contribution < 1.29 is 39.5 Å². The number of nitrogens with two attached hydrogens (primary N) is 1. The highest BCUT2D eigenvalue weighted by Gasteiger charge is 2.64. The Morgan fingerprint density at radius 2 is 1.88 bits per heavy atom. The molecule has 41 heavy (non-hydrogen) atoms. The number of H-pyrrole nitrogens is 1. The Labute approximate surface area is 235 Å². The highest BCUT2D eigenvalue weighted by molar-refractivity contribution is 6.24. The second-order valence-corrected chi connectivity index (χ2v) is 11.6. The molecule has 1 saturated carbocycles. The summed E-state index contributed by atoms with van der Waals surface area (Å²) in [6.45, 7) is 5.38. The Morgan fingerprint density at radius 3 is 2.51 bits per heavy atom. The molecule has 3 aliphatic carbocycles. The van der Waals surface area contributed by atoms with Gasteiger partial charge in [0, 0.05) is 42.0 Å². The maximum absolute atomic E-state index is 14.1. The Kier molecular flexibility index (Phi) is 6.36. The van der Waals surface area contributed by atoms with Crippen molar-refractivity contribution in [1.29, 1.82) is 0 Å². The number of ketones is 2. The number of benzene rings is 1. The van der Waals surface area contributed by atoms with Gasteiger partial charge >= 0.3 is 0 Å². The van der Waals surface area contributed by atoms with E-state index in [4.69, 9.17) is 10.5 Å². The molecule has 6 rings (SSSR count). The molecule has 4 aliphatic rings. The minimum absolute atomic E-state index is 0.0437. The van der Waals surface area contributed by atoms with Crippen molar-refractivity contribution in [3.05, 3.63) is 58.0 Å². The predicted molar refractivity (Wildman–Crippen MR) is 147 cm³/mol. The van der Waals surface area contributed by atoms with Crippen LogP contribution < -0.4 is 5.73 Å². The third-order valence-corrected chi connectivity index (χ3v) is 9.15. The lowest BCUT2D eigenvalue weighted by Crippen LogP contribution is -2.67. The average molecular weight is 564 g/mol. The number of carbonyl (C=O) groups excluding carboxylic acids is 3. The lowest BCUT2D eigenvalue weighted by Gasteiger charge is -2.51. The molecule has 1 amide bonds. The number of phenolic OH excluding ortho intramolecular Hbond substituents is 1. The largest absolute Gasteiger partial charge is 0.508 e. The zero-order valence-electron chi connectivity index (χ0n) is 22.8. The summed E-state index contributed by atoms with van der Waals surface area (Å²) in [4.78, 5) is 45.1. The standard InChI is InChI=1S/C30H33N3O8/c1-13(2)15-11-19(32-12-15)16-3-4-20(34)22-17(16)9-14-10-18-24(33-5-7-41-8-6-33)26(36)23(29(31)39)28(38)30(18,40)27(37)21(14)25(22)35/h3-4,11-14,18,24,32,34-35,38,40H,5-10H2,1-2H3,(H2,31,39)/t14-,18-,24+,30-/m0/s1. The number of amides is 1. The number of fused-ring (bicyclic) bond motifs is 3. The second-order valence-electron chi connectivity index (χ2n) is 11.6. The van der Waals surface area contributed by atoms with Gasteiger partial charge in [-0.3, -0.25) is 19.3 Å². The number of phenols is 1. The van der Waals surface area contributed by atoms with E-state index in [1.807, 2.05) is 12.3 Å². The molecule has 11 heteroatoms. The number of aromatic hydroxyl groups is 1. The van der Waals surface area contributed by atoms with Gasteiger partial charge in [0.25, 0.3) is 5.91 Å². The van der Waals surface area contributed by atoms with Crippen molar-refractivity contribution in [2.75, 3.05) is 26.3 Å². The molecule has 2 heterocycles. The van der Waals surface area contributed by atoms with E-state index in [9.17, 15) is 34.8 Å². The average Bonchev–Trinajstić information content (AvgIpc) is 3.42. The highest BCUT2D eigenvalue weighted by atomic mass is 16.5. The van der Waals surface area contributed by atoms with Gasteiger partial charge in [0.15, 0.2) is 11.4 Å². The Hall–Kier alpha value is -3.93. The molecule has 2 fully saturated rings. The number of nitrogens with one attached hydrogen (secondary N) is 1. The zero-order valence-corrected chi connectivity index (χ0v) is 22.8. The topological polar surface area (TPSA) is 186 Å². The Balaban J connectivity index is 1.52. The maximum atomic E-state index is 14.1. The van der Waals surface area contributed by atoms with E-state index in [0.29, 0.717) is 31.9 Å². The summed E-state index contributed by atoms with van der Waals surface area (Å²) >= 11 is 0.